The highest BCUT2D eigenvalue weighted by Gasteiger charge is 2.20. The summed E-state index contributed by atoms with van der Waals surface area (Å²) in [4.78, 5) is 17.6. The maximum absolute atomic E-state index is 13.5. The second kappa shape index (κ2) is 5.21. The Labute approximate surface area is 114 Å². The fraction of sp³-hybridized carbons (Fsp3) is 0. The van der Waals surface area contributed by atoms with Gasteiger partial charge in [0.25, 0.3) is 0 Å². The molecule has 1 aromatic carbocycles. The molecule has 2 rings (SSSR count). The van der Waals surface area contributed by atoms with E-state index in [4.69, 9.17) is 4.74 Å². The van der Waals surface area contributed by atoms with Crippen LogP contribution in [0.4, 0.5) is 10.1 Å². The van der Waals surface area contributed by atoms with Crippen LogP contribution in [0.2, 0.25) is 0 Å². The number of aromatic nitrogens is 2. The van der Waals surface area contributed by atoms with Crippen molar-refractivity contribution in [3.63, 3.8) is 0 Å². The van der Waals surface area contributed by atoms with E-state index < -0.39 is 22.2 Å². The van der Waals surface area contributed by atoms with Crippen LogP contribution in [-0.4, -0.2) is 14.9 Å². The number of rotatable bonds is 3. The Hall–Kier alpha value is -1.84. The van der Waals surface area contributed by atoms with E-state index in [1.165, 1.54) is 18.5 Å². The molecule has 0 aliphatic carbocycles. The molecule has 1 aromatic heterocycles. The third kappa shape index (κ3) is 2.70. The molecule has 0 amide bonds. The molecule has 0 aliphatic rings. The van der Waals surface area contributed by atoms with E-state index in [9.17, 15) is 14.5 Å². The van der Waals surface area contributed by atoms with Crippen LogP contribution in [0.25, 0.3) is 0 Å². The first-order chi connectivity index (χ1) is 8.58. The van der Waals surface area contributed by atoms with Crippen molar-refractivity contribution in [1.29, 1.82) is 0 Å². The topological polar surface area (TPSA) is 78.2 Å². The van der Waals surface area contributed by atoms with Crippen LogP contribution >= 0.6 is 22.6 Å². The summed E-state index contributed by atoms with van der Waals surface area (Å²) in [5, 5.41) is 10.7. The zero-order chi connectivity index (χ0) is 13.1. The van der Waals surface area contributed by atoms with E-state index >= 15 is 0 Å². The van der Waals surface area contributed by atoms with Crippen molar-refractivity contribution in [2.45, 2.75) is 0 Å². The summed E-state index contributed by atoms with van der Waals surface area (Å²) >= 11 is 1.99. The van der Waals surface area contributed by atoms with Crippen LogP contribution < -0.4 is 4.74 Å². The number of halogens is 2. The van der Waals surface area contributed by atoms with Gasteiger partial charge in [0.2, 0.25) is 5.75 Å². The molecule has 8 heteroatoms. The first-order valence-corrected chi connectivity index (χ1v) is 5.74. The van der Waals surface area contributed by atoms with Gasteiger partial charge in [0, 0.05) is 22.0 Å². The van der Waals surface area contributed by atoms with Crippen molar-refractivity contribution in [2.75, 3.05) is 0 Å². The molecular weight excluding hydrogens is 356 g/mol. The summed E-state index contributed by atoms with van der Waals surface area (Å²) in [7, 11) is 0. The number of nitrogens with zero attached hydrogens (tertiary/aromatic N) is 3. The number of nitro groups is 1. The summed E-state index contributed by atoms with van der Waals surface area (Å²) in [6.07, 6.45) is 2.91. The minimum Gasteiger partial charge on any atom is -0.414 e. The van der Waals surface area contributed by atoms with E-state index in [2.05, 4.69) is 9.97 Å². The second-order valence-corrected chi connectivity index (χ2v) is 4.38. The summed E-state index contributed by atoms with van der Waals surface area (Å²) < 4.78 is 19.3. The Bertz CT molecular complexity index is 591. The number of ether oxygens (including phenoxy) is 1. The predicted octanol–water partition coefficient (Wildman–Crippen LogP) is 2.92. The van der Waals surface area contributed by atoms with Crippen LogP contribution in [0, 0.1) is 19.5 Å². The third-order valence-corrected chi connectivity index (χ3v) is 2.49. The fourth-order valence-electron chi connectivity index (χ4n) is 1.19. The number of benzene rings is 1. The van der Waals surface area contributed by atoms with Crippen LogP contribution in [0.5, 0.6) is 11.8 Å². The van der Waals surface area contributed by atoms with Crippen LogP contribution in [-0.2, 0) is 0 Å². The first-order valence-electron chi connectivity index (χ1n) is 4.66. The van der Waals surface area contributed by atoms with Gasteiger partial charge in [0.05, 0.1) is 4.92 Å². The molecule has 0 radical (unpaired) electrons. The van der Waals surface area contributed by atoms with Crippen LogP contribution in [0.3, 0.4) is 0 Å². The molecular formula is C10H5FIN3O3. The van der Waals surface area contributed by atoms with Crippen LogP contribution in [0.15, 0.2) is 30.6 Å². The molecule has 0 bridgehead atoms. The third-order valence-electron chi connectivity index (χ3n) is 1.93. The minimum atomic E-state index is -0.841. The molecule has 6 nitrogen and oxygen atoms in total. The number of nitro benzene ring substituents is 1. The van der Waals surface area contributed by atoms with Crippen molar-refractivity contribution in [3.8, 4) is 11.8 Å². The molecule has 0 saturated heterocycles. The van der Waals surface area contributed by atoms with Gasteiger partial charge in [0.15, 0.2) is 5.82 Å². The van der Waals surface area contributed by atoms with Crippen molar-refractivity contribution >= 4 is 28.3 Å². The van der Waals surface area contributed by atoms with E-state index in [1.807, 2.05) is 22.6 Å². The molecule has 0 atom stereocenters. The smallest absolute Gasteiger partial charge is 0.322 e. The number of para-hydroxylation sites is 1. The molecule has 0 N–H and O–H groups in total. The second-order valence-electron chi connectivity index (χ2n) is 3.13. The maximum atomic E-state index is 13.5. The Balaban J connectivity index is 2.39. The van der Waals surface area contributed by atoms with Gasteiger partial charge in [-0.1, -0.05) is 6.07 Å². The fourth-order valence-corrected chi connectivity index (χ4v) is 1.47. The van der Waals surface area contributed by atoms with Gasteiger partial charge in [-0.05, 0) is 28.7 Å². The standard InChI is InChI=1S/C10H5FIN3O3/c11-7-2-1-3-8(15(16)17)9(7)18-10-13-4-6(12)5-14-10/h1-5H. The summed E-state index contributed by atoms with van der Waals surface area (Å²) in [6.45, 7) is 0. The first kappa shape index (κ1) is 12.6. The van der Waals surface area contributed by atoms with Gasteiger partial charge in [-0.15, -0.1) is 0 Å². The zero-order valence-electron chi connectivity index (χ0n) is 8.71. The zero-order valence-corrected chi connectivity index (χ0v) is 10.9. The monoisotopic (exact) mass is 361 g/mol. The van der Waals surface area contributed by atoms with E-state index in [0.717, 1.165) is 15.7 Å². The van der Waals surface area contributed by atoms with Gasteiger partial charge < -0.3 is 4.74 Å². The summed E-state index contributed by atoms with van der Waals surface area (Å²) in [5.74, 6) is -1.34. The lowest BCUT2D eigenvalue weighted by Gasteiger charge is -2.04. The molecule has 92 valence electrons. The average Bonchev–Trinajstić information content (AvgIpc) is 2.34. The van der Waals surface area contributed by atoms with E-state index in [-0.39, 0.29) is 6.01 Å². The normalized spacial score (nSPS) is 10.1. The van der Waals surface area contributed by atoms with Crippen molar-refractivity contribution < 1.29 is 14.1 Å². The quantitative estimate of drug-likeness (QED) is 0.477. The Kier molecular flexibility index (Phi) is 3.65. The van der Waals surface area contributed by atoms with Gasteiger partial charge in [0.1, 0.15) is 0 Å². The lowest BCUT2D eigenvalue weighted by Crippen LogP contribution is -1.98. The molecule has 0 spiro atoms. The Morgan fingerprint density at radius 1 is 1.33 bits per heavy atom. The lowest BCUT2D eigenvalue weighted by atomic mass is 10.3. The maximum Gasteiger partial charge on any atom is 0.322 e. The summed E-state index contributed by atoms with van der Waals surface area (Å²) in [5.41, 5.74) is -0.475. The highest BCUT2D eigenvalue weighted by molar-refractivity contribution is 14.1. The minimum absolute atomic E-state index is 0.149. The molecule has 0 fully saturated rings. The summed E-state index contributed by atoms with van der Waals surface area (Å²) in [6, 6.07) is 3.29. The van der Waals surface area contributed by atoms with Gasteiger partial charge in [-0.2, -0.15) is 0 Å². The number of hydrogen-bond acceptors (Lipinski definition) is 5. The van der Waals surface area contributed by atoms with E-state index in [0.29, 0.717) is 0 Å². The number of hydrogen-bond donors (Lipinski definition) is 0. The predicted molar refractivity (Wildman–Crippen MR) is 67.9 cm³/mol. The van der Waals surface area contributed by atoms with Crippen molar-refractivity contribution in [1.82, 2.24) is 9.97 Å². The lowest BCUT2D eigenvalue weighted by molar-refractivity contribution is -0.385. The molecule has 0 unspecified atom stereocenters. The largest absolute Gasteiger partial charge is 0.414 e. The van der Waals surface area contributed by atoms with Crippen molar-refractivity contribution in [2.24, 2.45) is 0 Å². The molecule has 2 aromatic rings. The van der Waals surface area contributed by atoms with Gasteiger partial charge >= 0.3 is 11.7 Å². The average molecular weight is 361 g/mol. The Morgan fingerprint density at radius 2 is 2.00 bits per heavy atom. The molecule has 0 saturated carbocycles. The molecule has 0 aliphatic heterocycles. The van der Waals surface area contributed by atoms with E-state index in [1.54, 1.807) is 0 Å². The van der Waals surface area contributed by atoms with Gasteiger partial charge in [-0.3, -0.25) is 10.1 Å². The Morgan fingerprint density at radius 3 is 2.61 bits per heavy atom. The molecule has 1 heterocycles. The highest BCUT2D eigenvalue weighted by atomic mass is 127. The van der Waals surface area contributed by atoms with Gasteiger partial charge in [-0.25, -0.2) is 14.4 Å². The molecule has 18 heavy (non-hydrogen) atoms. The highest BCUT2D eigenvalue weighted by Crippen LogP contribution is 2.32. The van der Waals surface area contributed by atoms with Crippen LogP contribution in [0.1, 0.15) is 0 Å². The van der Waals surface area contributed by atoms with Crippen molar-refractivity contribution in [3.05, 3.63) is 50.1 Å². The SMILES string of the molecule is O=[N+]([O-])c1cccc(F)c1Oc1ncc(I)cn1.